The lowest BCUT2D eigenvalue weighted by Gasteiger charge is -2.62. The van der Waals surface area contributed by atoms with Crippen molar-refractivity contribution in [3.8, 4) is 6.07 Å². The molecule has 4 bridgehead atoms. The zero-order valence-electron chi connectivity index (χ0n) is 20.6. The molecule has 6 rings (SSSR count). The smallest absolute Gasteiger partial charge is 0.323 e. The maximum atomic E-state index is 13.6. The van der Waals surface area contributed by atoms with E-state index in [0.29, 0.717) is 43.6 Å². The number of amides is 1. The number of likely N-dealkylation sites (N-methyl/N-ethyl adjacent to an activating group) is 1. The van der Waals surface area contributed by atoms with E-state index in [2.05, 4.69) is 16.4 Å². The van der Waals surface area contributed by atoms with Crippen molar-refractivity contribution in [2.75, 3.05) is 13.6 Å². The van der Waals surface area contributed by atoms with Gasteiger partial charge in [-0.25, -0.2) is 0 Å². The molecule has 1 heterocycles. The van der Waals surface area contributed by atoms with E-state index in [1.165, 1.54) is 0 Å². The molecule has 0 radical (unpaired) electrons. The molecule has 1 aliphatic heterocycles. The number of nitrogens with two attached hydrogens (primary N) is 3. The molecular formula is C25H39N7O3. The van der Waals surface area contributed by atoms with Crippen LogP contribution in [0.4, 0.5) is 0 Å². The highest BCUT2D eigenvalue weighted by atomic mass is 16.6. The summed E-state index contributed by atoms with van der Waals surface area (Å²) in [6.45, 7) is 0.463. The predicted molar refractivity (Wildman–Crippen MR) is 129 cm³/mol. The monoisotopic (exact) mass is 485 g/mol. The number of nitrogens with zero attached hydrogens (tertiary/aromatic N) is 3. The highest BCUT2D eigenvalue weighted by Gasteiger charge is 2.64. The van der Waals surface area contributed by atoms with Crippen LogP contribution in [0.3, 0.4) is 0 Å². The van der Waals surface area contributed by atoms with E-state index in [1.807, 2.05) is 0 Å². The number of piperidine rings is 1. The van der Waals surface area contributed by atoms with Crippen LogP contribution in [0.1, 0.15) is 64.2 Å². The Balaban J connectivity index is 1.29. The summed E-state index contributed by atoms with van der Waals surface area (Å²) in [5.74, 6) is 1.01. The third-order valence-corrected chi connectivity index (χ3v) is 9.38. The Labute approximate surface area is 207 Å². The minimum Gasteiger partial charge on any atom is -0.458 e. The number of esters is 1. The van der Waals surface area contributed by atoms with Crippen molar-refractivity contribution in [1.29, 1.82) is 5.26 Å². The second kappa shape index (κ2) is 8.93. The fourth-order valence-electron chi connectivity index (χ4n) is 8.21. The van der Waals surface area contributed by atoms with Crippen LogP contribution in [-0.2, 0) is 14.3 Å². The topological polar surface area (TPSA) is 173 Å². The summed E-state index contributed by atoms with van der Waals surface area (Å²) >= 11 is 0. The number of nitriles is 1. The molecule has 1 amide bonds. The number of carbonyl (C=O) groups excluding carboxylic acids is 2. The van der Waals surface area contributed by atoms with Crippen molar-refractivity contribution >= 4 is 17.8 Å². The molecule has 6 aliphatic rings. The Morgan fingerprint density at radius 3 is 2.54 bits per heavy atom. The Hall–Kier alpha value is -2.38. The zero-order chi connectivity index (χ0) is 25.0. The van der Waals surface area contributed by atoms with Gasteiger partial charge >= 0.3 is 5.97 Å². The first kappa shape index (κ1) is 24.3. The molecule has 5 saturated carbocycles. The molecule has 9 atom stereocenters. The molecule has 7 N–H and O–H groups in total. The number of likely N-dealkylation sites (tertiary alicyclic amines) is 1. The highest BCUT2D eigenvalue weighted by molar-refractivity contribution is 5.84. The van der Waals surface area contributed by atoms with Crippen LogP contribution >= 0.6 is 0 Å². The van der Waals surface area contributed by atoms with Crippen LogP contribution in [0, 0.1) is 34.5 Å². The van der Waals surface area contributed by atoms with Gasteiger partial charge in [0.15, 0.2) is 5.96 Å². The van der Waals surface area contributed by atoms with E-state index < -0.39 is 17.7 Å². The molecule has 192 valence electrons. The largest absolute Gasteiger partial charge is 0.458 e. The molecular weight excluding hydrogens is 446 g/mol. The van der Waals surface area contributed by atoms with E-state index in [9.17, 15) is 14.9 Å². The van der Waals surface area contributed by atoms with Crippen molar-refractivity contribution in [1.82, 2.24) is 10.2 Å². The number of aliphatic imine (C=N–C) groups is 1. The highest BCUT2D eigenvalue weighted by Crippen LogP contribution is 2.64. The van der Waals surface area contributed by atoms with Crippen LogP contribution in [-0.4, -0.2) is 66.1 Å². The Morgan fingerprint density at radius 1 is 1.20 bits per heavy atom. The number of rotatable bonds is 9. The number of fused-ring (bicyclic) bond motifs is 1. The van der Waals surface area contributed by atoms with Gasteiger partial charge in [-0.3, -0.25) is 14.6 Å². The Bertz CT molecular complexity index is 928. The van der Waals surface area contributed by atoms with Crippen LogP contribution in [0.25, 0.3) is 0 Å². The van der Waals surface area contributed by atoms with Crippen LogP contribution in [0.2, 0.25) is 0 Å². The number of ether oxygens (including phenoxy) is 1. The molecule has 0 spiro atoms. The molecule has 35 heavy (non-hydrogen) atoms. The first-order chi connectivity index (χ1) is 16.7. The zero-order valence-corrected chi connectivity index (χ0v) is 20.6. The van der Waals surface area contributed by atoms with Gasteiger partial charge in [-0.15, -0.1) is 0 Å². The maximum Gasteiger partial charge on any atom is 0.323 e. The molecule has 0 aromatic rings. The average molecular weight is 486 g/mol. The molecule has 10 nitrogen and oxygen atoms in total. The second-order valence-corrected chi connectivity index (χ2v) is 11.9. The van der Waals surface area contributed by atoms with Crippen molar-refractivity contribution < 1.29 is 14.3 Å². The van der Waals surface area contributed by atoms with Gasteiger partial charge in [-0.2, -0.15) is 5.26 Å². The van der Waals surface area contributed by atoms with Gasteiger partial charge in [-0.05, 0) is 94.4 Å². The van der Waals surface area contributed by atoms with Crippen LogP contribution < -0.4 is 22.5 Å². The van der Waals surface area contributed by atoms with Gasteiger partial charge < -0.3 is 32.2 Å². The summed E-state index contributed by atoms with van der Waals surface area (Å²) in [6, 6.07) is 1.07. The minimum absolute atomic E-state index is 0.0468. The molecule has 10 heteroatoms. The number of carbonyl (C=O) groups is 2. The first-order valence-corrected chi connectivity index (χ1v) is 13.1. The first-order valence-electron chi connectivity index (χ1n) is 13.1. The van der Waals surface area contributed by atoms with Gasteiger partial charge in [0, 0.05) is 12.6 Å². The van der Waals surface area contributed by atoms with Crippen molar-refractivity contribution in [3.63, 3.8) is 0 Å². The lowest BCUT2D eigenvalue weighted by atomic mass is 9.46. The second-order valence-electron chi connectivity index (χ2n) is 11.9. The van der Waals surface area contributed by atoms with Gasteiger partial charge in [0.1, 0.15) is 17.7 Å². The third kappa shape index (κ3) is 4.38. The van der Waals surface area contributed by atoms with Crippen molar-refractivity contribution in [3.05, 3.63) is 0 Å². The predicted octanol–water partition coefficient (Wildman–Crippen LogP) is 0.350. The van der Waals surface area contributed by atoms with Gasteiger partial charge in [0.2, 0.25) is 5.91 Å². The molecule has 0 aromatic carbocycles. The SMILES string of the molecule is CNC(CCCN=C(N)N)C(=O)OC12CC3C[C@H](C1)CC([C@H](N)C(=O)N1C4CC4C[C@H]1C#N)(C3)C2. The van der Waals surface area contributed by atoms with E-state index in [-0.39, 0.29) is 35.3 Å². The summed E-state index contributed by atoms with van der Waals surface area (Å²) in [7, 11) is 1.76. The average Bonchev–Trinajstić information content (AvgIpc) is 3.46. The number of guanidine groups is 1. The third-order valence-electron chi connectivity index (χ3n) is 9.38. The molecule has 0 aromatic heterocycles. The summed E-state index contributed by atoms with van der Waals surface area (Å²) in [6.07, 6.45) is 8.25. The Kier molecular flexibility index (Phi) is 6.20. The standard InChI is InChI=1S/C25H39N7O3/c1-30-18(3-2-4-31-23(28)29)22(34)35-25-10-14-5-15(11-25)9-24(8-14,13-25)20(27)21(33)32-17(12-26)6-16-7-19(16)32/h14-20,30H,2-11,13,27H2,1H3,(H4,28,29,31)/t14-,15?,16?,17-,18?,19?,20+,24?,25?/m0/s1. The molecule has 1 saturated heterocycles. The quantitative estimate of drug-likeness (QED) is 0.157. The van der Waals surface area contributed by atoms with E-state index in [1.54, 1.807) is 11.9 Å². The lowest BCUT2D eigenvalue weighted by molar-refractivity contribution is -0.207. The number of nitrogens with one attached hydrogen (secondary N) is 1. The summed E-state index contributed by atoms with van der Waals surface area (Å²) in [5.41, 5.74) is 16.6. The van der Waals surface area contributed by atoms with Crippen molar-refractivity contribution in [2.45, 2.75) is 94.0 Å². The number of hydrogen-bond donors (Lipinski definition) is 4. The van der Waals surface area contributed by atoms with E-state index in [0.717, 1.165) is 44.9 Å². The molecule has 6 fully saturated rings. The Morgan fingerprint density at radius 2 is 1.91 bits per heavy atom. The summed E-state index contributed by atoms with van der Waals surface area (Å²) in [4.78, 5) is 32.7. The fraction of sp³-hybridized carbons (Fsp3) is 0.840. The normalized spacial score (nSPS) is 39.9. The van der Waals surface area contributed by atoms with Gasteiger partial charge in [0.05, 0.1) is 12.1 Å². The van der Waals surface area contributed by atoms with Gasteiger partial charge in [-0.1, -0.05) is 0 Å². The van der Waals surface area contributed by atoms with E-state index >= 15 is 0 Å². The number of hydrogen-bond acceptors (Lipinski definition) is 7. The van der Waals surface area contributed by atoms with Crippen LogP contribution in [0.5, 0.6) is 0 Å². The maximum absolute atomic E-state index is 13.6. The van der Waals surface area contributed by atoms with E-state index in [4.69, 9.17) is 21.9 Å². The minimum atomic E-state index is -0.652. The summed E-state index contributed by atoms with van der Waals surface area (Å²) < 4.78 is 6.31. The summed E-state index contributed by atoms with van der Waals surface area (Å²) in [5, 5.41) is 12.7. The fourth-order valence-corrected chi connectivity index (χ4v) is 8.21. The molecule has 6 unspecified atom stereocenters. The van der Waals surface area contributed by atoms with Gasteiger partial charge in [0.25, 0.3) is 0 Å². The van der Waals surface area contributed by atoms with Crippen LogP contribution in [0.15, 0.2) is 4.99 Å². The van der Waals surface area contributed by atoms with Crippen molar-refractivity contribution in [2.24, 2.45) is 45.4 Å². The molecule has 5 aliphatic carbocycles. The lowest BCUT2D eigenvalue weighted by Crippen LogP contribution is -2.66.